The second-order valence-corrected chi connectivity index (χ2v) is 4.63. The molecule has 1 aromatic carbocycles. The van der Waals surface area contributed by atoms with Gasteiger partial charge < -0.3 is 14.8 Å². The van der Waals surface area contributed by atoms with Crippen molar-refractivity contribution in [1.82, 2.24) is 10.3 Å². The van der Waals surface area contributed by atoms with Gasteiger partial charge in [-0.3, -0.25) is 0 Å². The standard InChI is InChI=1S/C14H15F3N2O2/c1-9-6-19-13(21-9)8-18-7-12(20)10-2-4-11(5-3-10)14(15,16)17/h2-6,12,18,20H,7-8H2,1H3. The lowest BCUT2D eigenvalue weighted by Crippen LogP contribution is -2.21. The van der Waals surface area contributed by atoms with Gasteiger partial charge in [-0.25, -0.2) is 4.98 Å². The van der Waals surface area contributed by atoms with Crippen LogP contribution in [-0.4, -0.2) is 16.6 Å². The SMILES string of the molecule is Cc1cnc(CNCC(O)c2ccc(C(F)(F)F)cc2)o1. The van der Waals surface area contributed by atoms with Crippen molar-refractivity contribution in [2.75, 3.05) is 6.54 Å². The van der Waals surface area contributed by atoms with Gasteiger partial charge in [0.2, 0.25) is 5.89 Å². The fourth-order valence-corrected chi connectivity index (χ4v) is 1.81. The molecule has 0 amide bonds. The molecule has 2 N–H and O–H groups in total. The number of aryl methyl sites for hydroxylation is 1. The molecule has 0 fully saturated rings. The van der Waals surface area contributed by atoms with E-state index in [2.05, 4.69) is 10.3 Å². The van der Waals surface area contributed by atoms with Gasteiger partial charge in [-0.1, -0.05) is 12.1 Å². The van der Waals surface area contributed by atoms with E-state index in [0.29, 0.717) is 23.8 Å². The zero-order chi connectivity index (χ0) is 15.5. The molecule has 2 rings (SSSR count). The highest BCUT2D eigenvalue weighted by Gasteiger charge is 2.30. The van der Waals surface area contributed by atoms with Crippen LogP contribution >= 0.6 is 0 Å². The highest BCUT2D eigenvalue weighted by Crippen LogP contribution is 2.29. The first-order valence-corrected chi connectivity index (χ1v) is 6.33. The lowest BCUT2D eigenvalue weighted by Gasteiger charge is -2.13. The summed E-state index contributed by atoms with van der Waals surface area (Å²) >= 11 is 0. The Hall–Kier alpha value is -1.86. The van der Waals surface area contributed by atoms with E-state index in [4.69, 9.17) is 4.42 Å². The van der Waals surface area contributed by atoms with Crippen LogP contribution in [0.25, 0.3) is 0 Å². The first-order valence-electron chi connectivity index (χ1n) is 6.33. The molecule has 0 bridgehead atoms. The summed E-state index contributed by atoms with van der Waals surface area (Å²) in [6.45, 7) is 2.30. The van der Waals surface area contributed by atoms with Crippen LogP contribution in [0.3, 0.4) is 0 Å². The molecule has 1 aromatic heterocycles. The third-order valence-electron chi connectivity index (χ3n) is 2.91. The number of hydrogen-bond donors (Lipinski definition) is 2. The van der Waals surface area contributed by atoms with Crippen LogP contribution in [-0.2, 0) is 12.7 Å². The summed E-state index contributed by atoms with van der Waals surface area (Å²) in [5, 5.41) is 12.8. The van der Waals surface area contributed by atoms with Crippen LogP contribution in [0, 0.1) is 6.92 Å². The number of aliphatic hydroxyl groups excluding tert-OH is 1. The monoisotopic (exact) mass is 300 g/mol. The summed E-state index contributed by atoms with van der Waals surface area (Å²) < 4.78 is 42.5. The van der Waals surface area contributed by atoms with Crippen molar-refractivity contribution in [3.05, 3.63) is 53.2 Å². The van der Waals surface area contributed by atoms with Crippen LogP contribution in [0.5, 0.6) is 0 Å². The lowest BCUT2D eigenvalue weighted by atomic mass is 10.1. The minimum absolute atomic E-state index is 0.187. The highest BCUT2D eigenvalue weighted by atomic mass is 19.4. The van der Waals surface area contributed by atoms with E-state index < -0.39 is 17.8 Å². The van der Waals surface area contributed by atoms with Gasteiger partial charge in [0.15, 0.2) is 0 Å². The Labute approximate surface area is 119 Å². The van der Waals surface area contributed by atoms with Crippen LogP contribution in [0.2, 0.25) is 0 Å². The molecule has 1 heterocycles. The zero-order valence-electron chi connectivity index (χ0n) is 11.3. The minimum atomic E-state index is -4.37. The van der Waals surface area contributed by atoms with Crippen molar-refractivity contribution in [2.45, 2.75) is 25.7 Å². The predicted octanol–water partition coefficient (Wildman–Crippen LogP) is 2.83. The Kier molecular flexibility index (Phi) is 4.64. The van der Waals surface area contributed by atoms with Gasteiger partial charge in [-0.15, -0.1) is 0 Å². The van der Waals surface area contributed by atoms with E-state index in [9.17, 15) is 18.3 Å². The Morgan fingerprint density at radius 1 is 1.29 bits per heavy atom. The van der Waals surface area contributed by atoms with E-state index in [1.807, 2.05) is 0 Å². The summed E-state index contributed by atoms with van der Waals surface area (Å²) in [5.74, 6) is 1.18. The molecule has 0 saturated carbocycles. The van der Waals surface area contributed by atoms with Gasteiger partial charge in [0.05, 0.1) is 24.4 Å². The Morgan fingerprint density at radius 3 is 2.48 bits per heavy atom. The maximum absolute atomic E-state index is 12.4. The maximum atomic E-state index is 12.4. The van der Waals surface area contributed by atoms with Crippen LogP contribution in [0.4, 0.5) is 13.2 Å². The van der Waals surface area contributed by atoms with Gasteiger partial charge in [0, 0.05) is 6.54 Å². The van der Waals surface area contributed by atoms with Crippen molar-refractivity contribution >= 4 is 0 Å². The van der Waals surface area contributed by atoms with E-state index in [0.717, 1.165) is 12.1 Å². The molecule has 0 aliphatic rings. The Balaban J connectivity index is 1.87. The van der Waals surface area contributed by atoms with Gasteiger partial charge in [0.25, 0.3) is 0 Å². The fraction of sp³-hybridized carbons (Fsp3) is 0.357. The number of oxazole rings is 1. The van der Waals surface area contributed by atoms with Gasteiger partial charge in [-0.2, -0.15) is 13.2 Å². The molecule has 0 spiro atoms. The van der Waals surface area contributed by atoms with Gasteiger partial charge in [-0.05, 0) is 24.6 Å². The molecular formula is C14H15F3N2O2. The zero-order valence-corrected chi connectivity index (χ0v) is 11.3. The minimum Gasteiger partial charge on any atom is -0.445 e. The number of halogens is 3. The van der Waals surface area contributed by atoms with Crippen molar-refractivity contribution in [3.8, 4) is 0 Å². The summed E-state index contributed by atoms with van der Waals surface area (Å²) in [6, 6.07) is 4.45. The van der Waals surface area contributed by atoms with Gasteiger partial charge in [0.1, 0.15) is 5.76 Å². The maximum Gasteiger partial charge on any atom is 0.416 e. The van der Waals surface area contributed by atoms with Crippen LogP contribution < -0.4 is 5.32 Å². The third kappa shape index (κ3) is 4.30. The number of nitrogens with one attached hydrogen (secondary N) is 1. The number of rotatable bonds is 5. The van der Waals surface area contributed by atoms with Crippen LogP contribution in [0.1, 0.15) is 28.9 Å². The number of hydrogen-bond acceptors (Lipinski definition) is 4. The van der Waals surface area contributed by atoms with E-state index >= 15 is 0 Å². The molecule has 4 nitrogen and oxygen atoms in total. The molecule has 2 aromatic rings. The van der Waals surface area contributed by atoms with E-state index in [1.165, 1.54) is 12.1 Å². The number of benzene rings is 1. The van der Waals surface area contributed by atoms with E-state index in [1.54, 1.807) is 13.1 Å². The average molecular weight is 300 g/mol. The third-order valence-corrected chi connectivity index (χ3v) is 2.91. The molecular weight excluding hydrogens is 285 g/mol. The molecule has 7 heteroatoms. The molecule has 1 atom stereocenters. The average Bonchev–Trinajstić information content (AvgIpc) is 2.83. The van der Waals surface area contributed by atoms with Crippen molar-refractivity contribution in [1.29, 1.82) is 0 Å². The summed E-state index contributed by atoms with van der Waals surface area (Å²) in [7, 11) is 0. The number of aliphatic hydroxyl groups is 1. The largest absolute Gasteiger partial charge is 0.445 e. The highest BCUT2D eigenvalue weighted by molar-refractivity contribution is 5.26. The molecule has 0 aliphatic heterocycles. The second kappa shape index (κ2) is 6.28. The van der Waals surface area contributed by atoms with Crippen LogP contribution in [0.15, 0.2) is 34.9 Å². The van der Waals surface area contributed by atoms with E-state index in [-0.39, 0.29) is 6.54 Å². The molecule has 0 aliphatic carbocycles. The number of alkyl halides is 3. The molecule has 114 valence electrons. The molecule has 0 saturated heterocycles. The Bertz CT molecular complexity index is 579. The Morgan fingerprint density at radius 2 is 1.95 bits per heavy atom. The molecule has 0 radical (unpaired) electrons. The fourth-order valence-electron chi connectivity index (χ4n) is 1.81. The number of nitrogens with zero attached hydrogens (tertiary/aromatic N) is 1. The number of aromatic nitrogens is 1. The van der Waals surface area contributed by atoms with Gasteiger partial charge >= 0.3 is 6.18 Å². The first-order chi connectivity index (χ1) is 9.86. The second-order valence-electron chi connectivity index (χ2n) is 4.63. The smallest absolute Gasteiger partial charge is 0.416 e. The van der Waals surface area contributed by atoms with Crippen molar-refractivity contribution in [3.63, 3.8) is 0 Å². The quantitative estimate of drug-likeness (QED) is 0.891. The summed E-state index contributed by atoms with van der Waals surface area (Å²) in [4.78, 5) is 3.99. The molecule has 21 heavy (non-hydrogen) atoms. The summed E-state index contributed by atoms with van der Waals surface area (Å²) in [6.07, 6.45) is -3.68. The first kappa shape index (κ1) is 15.5. The predicted molar refractivity (Wildman–Crippen MR) is 69.4 cm³/mol. The lowest BCUT2D eigenvalue weighted by molar-refractivity contribution is -0.137. The normalized spacial score (nSPS) is 13.4. The van der Waals surface area contributed by atoms with Crippen molar-refractivity contribution in [2.24, 2.45) is 0 Å². The molecule has 1 unspecified atom stereocenters. The summed E-state index contributed by atoms with van der Waals surface area (Å²) in [5.41, 5.74) is -0.319. The van der Waals surface area contributed by atoms with Crippen molar-refractivity contribution < 1.29 is 22.7 Å². The topological polar surface area (TPSA) is 58.3 Å².